The largest absolute Gasteiger partial charge is 0.490 e. The van der Waals surface area contributed by atoms with Gasteiger partial charge in [-0.1, -0.05) is 0 Å². The topological polar surface area (TPSA) is 92.7 Å². The van der Waals surface area contributed by atoms with Gasteiger partial charge < -0.3 is 15.4 Å². The van der Waals surface area contributed by atoms with Crippen molar-refractivity contribution in [2.45, 2.75) is 19.4 Å². The number of rotatable bonds is 8. The van der Waals surface area contributed by atoms with Crippen molar-refractivity contribution in [3.63, 3.8) is 0 Å². The van der Waals surface area contributed by atoms with Crippen molar-refractivity contribution >= 4 is 15.8 Å². The van der Waals surface area contributed by atoms with Crippen LogP contribution >= 0.6 is 0 Å². The summed E-state index contributed by atoms with van der Waals surface area (Å²) < 4.78 is 27.8. The Morgan fingerprint density at radius 2 is 2.27 bits per heavy atom. The summed E-state index contributed by atoms with van der Waals surface area (Å²) in [6, 6.07) is 3.67. The minimum absolute atomic E-state index is 0.0140. The summed E-state index contributed by atoms with van der Waals surface area (Å²) in [6.45, 7) is 2.97. The maximum Gasteiger partial charge on any atom is 0.191 e. The van der Waals surface area contributed by atoms with Crippen molar-refractivity contribution in [3.05, 3.63) is 24.5 Å². The molecule has 8 heteroatoms. The highest BCUT2D eigenvalue weighted by Gasteiger charge is 2.09. The van der Waals surface area contributed by atoms with E-state index in [9.17, 15) is 8.42 Å². The first-order valence-electron chi connectivity index (χ1n) is 7.08. The molecule has 0 saturated heterocycles. The lowest BCUT2D eigenvalue weighted by Crippen LogP contribution is -2.44. The van der Waals surface area contributed by atoms with E-state index < -0.39 is 9.84 Å². The molecule has 7 nitrogen and oxygen atoms in total. The molecule has 1 aromatic heterocycles. The molecule has 1 heterocycles. The Hall–Kier alpha value is -1.83. The zero-order valence-corrected chi connectivity index (χ0v) is 14.1. The molecule has 1 atom stereocenters. The molecule has 1 rings (SSSR count). The van der Waals surface area contributed by atoms with E-state index in [4.69, 9.17) is 4.74 Å². The fourth-order valence-corrected chi connectivity index (χ4v) is 2.44. The molecule has 0 radical (unpaired) electrons. The molecule has 0 amide bonds. The van der Waals surface area contributed by atoms with E-state index in [1.165, 1.54) is 6.26 Å². The Labute approximate surface area is 132 Å². The van der Waals surface area contributed by atoms with Crippen LogP contribution in [0.4, 0.5) is 0 Å². The molecule has 1 aromatic rings. The Kier molecular flexibility index (Phi) is 7.65. The van der Waals surface area contributed by atoms with Gasteiger partial charge in [0.2, 0.25) is 0 Å². The van der Waals surface area contributed by atoms with Gasteiger partial charge in [-0.2, -0.15) is 0 Å². The molecule has 0 aliphatic carbocycles. The number of ether oxygens (including phenoxy) is 1. The van der Waals surface area contributed by atoms with Crippen LogP contribution in [0.15, 0.2) is 29.5 Å². The molecule has 1 unspecified atom stereocenters. The number of aromatic nitrogens is 1. The SMILES string of the molecule is CN=C(NCCOc1cccnc1)NC(C)CCS(C)(=O)=O. The lowest BCUT2D eigenvalue weighted by Gasteiger charge is -2.17. The second-order valence-electron chi connectivity index (χ2n) is 5.00. The number of pyridine rings is 1. The number of sulfone groups is 1. The molecular formula is C14H24N4O3S. The number of hydrogen-bond acceptors (Lipinski definition) is 5. The van der Waals surface area contributed by atoms with Crippen LogP contribution in [0.5, 0.6) is 5.75 Å². The fourth-order valence-electron chi connectivity index (χ4n) is 1.66. The second kappa shape index (κ2) is 9.24. The molecule has 124 valence electrons. The number of hydrogen-bond donors (Lipinski definition) is 2. The third kappa shape index (κ3) is 8.46. The van der Waals surface area contributed by atoms with Gasteiger partial charge >= 0.3 is 0 Å². The summed E-state index contributed by atoms with van der Waals surface area (Å²) in [5.74, 6) is 1.49. The van der Waals surface area contributed by atoms with Crippen molar-refractivity contribution in [2.24, 2.45) is 4.99 Å². The van der Waals surface area contributed by atoms with Crippen LogP contribution in [0, 0.1) is 0 Å². The highest BCUT2D eigenvalue weighted by atomic mass is 32.2. The average Bonchev–Trinajstić information content (AvgIpc) is 2.48. The minimum Gasteiger partial charge on any atom is -0.490 e. The van der Waals surface area contributed by atoms with Crippen molar-refractivity contribution in [1.82, 2.24) is 15.6 Å². The van der Waals surface area contributed by atoms with Crippen LogP contribution in [0.25, 0.3) is 0 Å². The predicted octanol–water partition coefficient (Wildman–Crippen LogP) is 0.449. The van der Waals surface area contributed by atoms with E-state index in [-0.39, 0.29) is 11.8 Å². The molecule has 0 spiro atoms. The van der Waals surface area contributed by atoms with Crippen molar-refractivity contribution in [1.29, 1.82) is 0 Å². The van der Waals surface area contributed by atoms with Gasteiger partial charge in [-0.15, -0.1) is 0 Å². The van der Waals surface area contributed by atoms with E-state index in [0.717, 1.165) is 0 Å². The van der Waals surface area contributed by atoms with Gasteiger partial charge in [0.15, 0.2) is 5.96 Å². The first-order valence-corrected chi connectivity index (χ1v) is 9.14. The Bertz CT molecular complexity index is 561. The minimum atomic E-state index is -2.94. The molecule has 0 aliphatic rings. The maximum atomic E-state index is 11.1. The highest BCUT2D eigenvalue weighted by molar-refractivity contribution is 7.90. The van der Waals surface area contributed by atoms with Gasteiger partial charge in [0.05, 0.1) is 18.5 Å². The summed E-state index contributed by atoms with van der Waals surface area (Å²) in [6.07, 6.45) is 5.11. The molecule has 22 heavy (non-hydrogen) atoms. The van der Waals surface area contributed by atoms with Crippen LogP contribution in [-0.4, -0.2) is 57.6 Å². The molecule has 0 bridgehead atoms. The molecule has 0 fully saturated rings. The zero-order valence-electron chi connectivity index (χ0n) is 13.2. The van der Waals surface area contributed by atoms with Crippen LogP contribution in [0.1, 0.15) is 13.3 Å². The fraction of sp³-hybridized carbons (Fsp3) is 0.571. The monoisotopic (exact) mass is 328 g/mol. The summed E-state index contributed by atoms with van der Waals surface area (Å²) in [7, 11) is -1.27. The van der Waals surface area contributed by atoms with Crippen LogP contribution in [0.3, 0.4) is 0 Å². The maximum absolute atomic E-state index is 11.1. The Balaban J connectivity index is 2.25. The van der Waals surface area contributed by atoms with Gasteiger partial charge in [-0.25, -0.2) is 8.42 Å². The third-order valence-electron chi connectivity index (χ3n) is 2.83. The van der Waals surface area contributed by atoms with Gasteiger partial charge in [0.1, 0.15) is 22.2 Å². The van der Waals surface area contributed by atoms with Gasteiger partial charge in [0, 0.05) is 25.5 Å². The molecule has 0 aliphatic heterocycles. The first kappa shape index (κ1) is 18.2. The van der Waals surface area contributed by atoms with Crippen molar-refractivity contribution in [3.8, 4) is 5.75 Å². The van der Waals surface area contributed by atoms with Crippen LogP contribution in [-0.2, 0) is 9.84 Å². The summed E-state index contributed by atoms with van der Waals surface area (Å²) >= 11 is 0. The van der Waals surface area contributed by atoms with Crippen molar-refractivity contribution < 1.29 is 13.2 Å². The van der Waals surface area contributed by atoms with E-state index >= 15 is 0 Å². The first-order chi connectivity index (χ1) is 10.4. The smallest absolute Gasteiger partial charge is 0.191 e. The van der Waals surface area contributed by atoms with Crippen LogP contribution in [0.2, 0.25) is 0 Å². The zero-order chi connectivity index (χ0) is 16.4. The summed E-state index contributed by atoms with van der Waals surface area (Å²) in [5, 5.41) is 6.26. The standard InChI is InChI=1S/C14H24N4O3S/c1-12(6-10-22(3,19)20)18-14(15-2)17-8-9-21-13-5-4-7-16-11-13/h4-5,7,11-12H,6,8-10H2,1-3H3,(H2,15,17,18). The van der Waals surface area contributed by atoms with E-state index in [1.807, 2.05) is 19.1 Å². The number of nitrogens with zero attached hydrogens (tertiary/aromatic N) is 2. The van der Waals surface area contributed by atoms with Crippen molar-refractivity contribution in [2.75, 3.05) is 32.2 Å². The van der Waals surface area contributed by atoms with Gasteiger partial charge in [0.25, 0.3) is 0 Å². The second-order valence-corrected chi connectivity index (χ2v) is 7.26. The van der Waals surface area contributed by atoms with E-state index in [1.54, 1.807) is 19.4 Å². The molecule has 0 aromatic carbocycles. The lowest BCUT2D eigenvalue weighted by atomic mass is 10.3. The predicted molar refractivity (Wildman–Crippen MR) is 88.0 cm³/mol. The van der Waals surface area contributed by atoms with Crippen LogP contribution < -0.4 is 15.4 Å². The Morgan fingerprint density at radius 3 is 2.86 bits per heavy atom. The molecule has 0 saturated carbocycles. The lowest BCUT2D eigenvalue weighted by molar-refractivity contribution is 0.320. The number of nitrogens with one attached hydrogen (secondary N) is 2. The molecular weight excluding hydrogens is 304 g/mol. The van der Waals surface area contributed by atoms with E-state index in [2.05, 4.69) is 20.6 Å². The Morgan fingerprint density at radius 1 is 1.50 bits per heavy atom. The quantitative estimate of drug-likeness (QED) is 0.409. The number of guanidine groups is 1. The summed E-state index contributed by atoms with van der Waals surface area (Å²) in [5.41, 5.74) is 0. The normalized spacial score (nSPS) is 13.5. The van der Waals surface area contributed by atoms with E-state index in [0.29, 0.717) is 31.3 Å². The summed E-state index contributed by atoms with van der Waals surface area (Å²) in [4.78, 5) is 8.06. The van der Waals surface area contributed by atoms with Gasteiger partial charge in [-0.3, -0.25) is 9.98 Å². The van der Waals surface area contributed by atoms with Gasteiger partial charge in [-0.05, 0) is 25.5 Å². The third-order valence-corrected chi connectivity index (χ3v) is 3.80. The molecule has 2 N–H and O–H groups in total. The average molecular weight is 328 g/mol. The number of aliphatic imine (C=N–C) groups is 1. The highest BCUT2D eigenvalue weighted by Crippen LogP contribution is 2.04.